The molecule has 0 unspecified atom stereocenters. The van der Waals surface area contributed by atoms with Gasteiger partial charge in [-0.05, 0) is 48.0 Å². The molecule has 0 spiro atoms. The molecule has 1 aliphatic rings. The standard InChI is InChI=1S/C26H23NO5S2/c1-29-21-8-4-3-7-20(21)27-25(28)24(34-26(27)33)17-18-11-13-19(14-12-18)31-15-16-32-23-10-6-5-9-22(23)30-2/h3-14,17H,15-16H2,1-2H3. The molecule has 0 bridgehead atoms. The fourth-order valence-corrected chi connectivity index (χ4v) is 4.64. The van der Waals surface area contributed by atoms with Gasteiger partial charge in [0.2, 0.25) is 0 Å². The lowest BCUT2D eigenvalue weighted by Crippen LogP contribution is -2.27. The van der Waals surface area contributed by atoms with Crippen LogP contribution in [-0.4, -0.2) is 37.7 Å². The molecule has 4 rings (SSSR count). The lowest BCUT2D eigenvalue weighted by atomic mass is 10.2. The van der Waals surface area contributed by atoms with Gasteiger partial charge in [0.25, 0.3) is 5.91 Å². The summed E-state index contributed by atoms with van der Waals surface area (Å²) in [5, 5.41) is 0. The van der Waals surface area contributed by atoms with Gasteiger partial charge in [-0.25, -0.2) is 0 Å². The van der Waals surface area contributed by atoms with Crippen LogP contribution >= 0.6 is 24.0 Å². The van der Waals surface area contributed by atoms with Crippen molar-refractivity contribution in [2.45, 2.75) is 0 Å². The first-order valence-electron chi connectivity index (χ1n) is 10.5. The SMILES string of the molecule is COc1ccccc1OCCOc1ccc(C=C2SC(=S)N(c3ccccc3OC)C2=O)cc1. The smallest absolute Gasteiger partial charge is 0.270 e. The van der Waals surface area contributed by atoms with Gasteiger partial charge in [-0.3, -0.25) is 9.69 Å². The van der Waals surface area contributed by atoms with Crippen molar-refractivity contribution in [3.8, 4) is 23.0 Å². The maximum atomic E-state index is 13.0. The predicted molar refractivity (Wildman–Crippen MR) is 139 cm³/mol. The van der Waals surface area contributed by atoms with E-state index in [1.807, 2.05) is 72.8 Å². The minimum absolute atomic E-state index is 0.173. The number of thiocarbonyl (C=S) groups is 1. The van der Waals surface area contributed by atoms with Crippen molar-refractivity contribution >= 4 is 46.0 Å². The van der Waals surface area contributed by atoms with Crippen LogP contribution in [0.1, 0.15) is 5.56 Å². The second kappa shape index (κ2) is 11.1. The molecule has 8 heteroatoms. The van der Waals surface area contributed by atoms with Crippen molar-refractivity contribution in [1.82, 2.24) is 0 Å². The number of nitrogens with zero attached hydrogens (tertiary/aromatic N) is 1. The van der Waals surface area contributed by atoms with Gasteiger partial charge in [-0.1, -0.05) is 60.4 Å². The van der Waals surface area contributed by atoms with Crippen LogP contribution in [0.15, 0.2) is 77.7 Å². The van der Waals surface area contributed by atoms with Crippen LogP contribution < -0.4 is 23.8 Å². The number of hydrogen-bond acceptors (Lipinski definition) is 7. The van der Waals surface area contributed by atoms with Gasteiger partial charge in [0.15, 0.2) is 15.8 Å². The van der Waals surface area contributed by atoms with E-state index in [1.165, 1.54) is 16.7 Å². The molecule has 1 fully saturated rings. The van der Waals surface area contributed by atoms with Gasteiger partial charge in [0.05, 0.1) is 24.8 Å². The lowest BCUT2D eigenvalue weighted by Gasteiger charge is -2.17. The van der Waals surface area contributed by atoms with Gasteiger partial charge in [-0.15, -0.1) is 0 Å². The summed E-state index contributed by atoms with van der Waals surface area (Å²) in [6, 6.07) is 22.3. The number of amides is 1. The first-order valence-corrected chi connectivity index (χ1v) is 11.7. The van der Waals surface area contributed by atoms with Gasteiger partial charge in [0.1, 0.15) is 24.7 Å². The molecule has 3 aromatic rings. The van der Waals surface area contributed by atoms with Crippen molar-refractivity contribution in [2.75, 3.05) is 32.3 Å². The van der Waals surface area contributed by atoms with E-state index in [2.05, 4.69) is 0 Å². The molecular formula is C26H23NO5S2. The number of thioether (sulfide) groups is 1. The van der Waals surface area contributed by atoms with E-state index >= 15 is 0 Å². The van der Waals surface area contributed by atoms with E-state index in [0.717, 1.165) is 5.56 Å². The molecule has 34 heavy (non-hydrogen) atoms. The van der Waals surface area contributed by atoms with Crippen LogP contribution in [0, 0.1) is 0 Å². The number of carbonyl (C=O) groups is 1. The van der Waals surface area contributed by atoms with E-state index in [4.69, 9.17) is 31.2 Å². The monoisotopic (exact) mass is 493 g/mol. The van der Waals surface area contributed by atoms with Crippen molar-refractivity contribution < 1.29 is 23.7 Å². The Morgan fingerprint density at radius 3 is 2.15 bits per heavy atom. The maximum Gasteiger partial charge on any atom is 0.270 e. The summed E-state index contributed by atoms with van der Waals surface area (Å²) in [6.45, 7) is 0.766. The fourth-order valence-electron chi connectivity index (χ4n) is 3.35. The summed E-state index contributed by atoms with van der Waals surface area (Å²) >= 11 is 6.73. The Morgan fingerprint density at radius 1 is 0.824 bits per heavy atom. The first-order chi connectivity index (χ1) is 16.6. The maximum absolute atomic E-state index is 13.0. The summed E-state index contributed by atoms with van der Waals surface area (Å²) in [7, 11) is 3.18. The average molecular weight is 494 g/mol. The van der Waals surface area contributed by atoms with Crippen molar-refractivity contribution in [2.24, 2.45) is 0 Å². The van der Waals surface area contributed by atoms with Crippen molar-refractivity contribution in [1.29, 1.82) is 0 Å². The number of methoxy groups -OCH3 is 2. The molecule has 6 nitrogen and oxygen atoms in total. The topological polar surface area (TPSA) is 57.2 Å². The zero-order chi connectivity index (χ0) is 23.9. The Labute approximate surface area is 208 Å². The molecule has 0 aliphatic carbocycles. The van der Waals surface area contributed by atoms with E-state index in [1.54, 1.807) is 20.3 Å². The Balaban J connectivity index is 1.36. The third-order valence-electron chi connectivity index (χ3n) is 4.98. The molecule has 1 saturated heterocycles. The molecule has 0 N–H and O–H groups in total. The molecule has 1 heterocycles. The molecule has 0 saturated carbocycles. The highest BCUT2D eigenvalue weighted by molar-refractivity contribution is 8.27. The molecule has 3 aromatic carbocycles. The second-order valence-electron chi connectivity index (χ2n) is 7.11. The Morgan fingerprint density at radius 2 is 1.44 bits per heavy atom. The zero-order valence-electron chi connectivity index (χ0n) is 18.7. The van der Waals surface area contributed by atoms with Gasteiger partial charge in [0, 0.05) is 0 Å². The molecule has 1 aliphatic heterocycles. The third kappa shape index (κ3) is 5.35. The second-order valence-corrected chi connectivity index (χ2v) is 8.78. The fraction of sp³-hybridized carbons (Fsp3) is 0.154. The summed E-state index contributed by atoms with van der Waals surface area (Å²) in [6.07, 6.45) is 1.82. The highest BCUT2D eigenvalue weighted by atomic mass is 32.2. The lowest BCUT2D eigenvalue weighted by molar-refractivity contribution is -0.113. The zero-order valence-corrected chi connectivity index (χ0v) is 20.4. The Kier molecular flexibility index (Phi) is 7.72. The van der Waals surface area contributed by atoms with E-state index in [-0.39, 0.29) is 5.91 Å². The number of para-hydroxylation sites is 4. The van der Waals surface area contributed by atoms with Gasteiger partial charge in [-0.2, -0.15) is 0 Å². The number of carbonyl (C=O) groups excluding carboxylic acids is 1. The first kappa shape index (κ1) is 23.7. The molecule has 0 atom stereocenters. The Bertz CT molecular complexity index is 1210. The van der Waals surface area contributed by atoms with Crippen molar-refractivity contribution in [3.05, 3.63) is 83.3 Å². The van der Waals surface area contributed by atoms with Crippen LogP contribution in [0.25, 0.3) is 6.08 Å². The average Bonchev–Trinajstić information content (AvgIpc) is 3.15. The summed E-state index contributed by atoms with van der Waals surface area (Å²) < 4.78 is 22.6. The molecule has 0 aromatic heterocycles. The van der Waals surface area contributed by atoms with Crippen LogP contribution in [0.5, 0.6) is 23.0 Å². The van der Waals surface area contributed by atoms with Crippen LogP contribution in [-0.2, 0) is 4.79 Å². The third-order valence-corrected chi connectivity index (χ3v) is 6.28. The number of benzene rings is 3. The molecular weight excluding hydrogens is 470 g/mol. The summed E-state index contributed by atoms with van der Waals surface area (Å²) in [5.74, 6) is 2.49. The van der Waals surface area contributed by atoms with Crippen molar-refractivity contribution in [3.63, 3.8) is 0 Å². The van der Waals surface area contributed by atoms with E-state index < -0.39 is 0 Å². The number of ether oxygens (including phenoxy) is 4. The largest absolute Gasteiger partial charge is 0.495 e. The van der Waals surface area contributed by atoms with Crippen LogP contribution in [0.3, 0.4) is 0 Å². The normalized spacial score (nSPS) is 14.4. The summed E-state index contributed by atoms with van der Waals surface area (Å²) in [4.78, 5) is 15.1. The molecule has 174 valence electrons. The quantitative estimate of drug-likeness (QED) is 0.219. The minimum atomic E-state index is -0.173. The minimum Gasteiger partial charge on any atom is -0.495 e. The number of anilines is 1. The van der Waals surface area contributed by atoms with Gasteiger partial charge >= 0.3 is 0 Å². The molecule has 1 amide bonds. The highest BCUT2D eigenvalue weighted by Gasteiger charge is 2.34. The predicted octanol–water partition coefficient (Wildman–Crippen LogP) is 5.57. The van der Waals surface area contributed by atoms with E-state index in [9.17, 15) is 4.79 Å². The Hall–Kier alpha value is -3.49. The number of hydrogen-bond donors (Lipinski definition) is 0. The number of rotatable bonds is 9. The summed E-state index contributed by atoms with van der Waals surface area (Å²) in [5.41, 5.74) is 1.51. The highest BCUT2D eigenvalue weighted by Crippen LogP contribution is 2.39. The van der Waals surface area contributed by atoms with Crippen LogP contribution in [0.2, 0.25) is 0 Å². The van der Waals surface area contributed by atoms with Crippen LogP contribution in [0.4, 0.5) is 5.69 Å². The van der Waals surface area contributed by atoms with E-state index in [0.29, 0.717) is 51.1 Å². The van der Waals surface area contributed by atoms with Gasteiger partial charge < -0.3 is 18.9 Å². The molecule has 0 radical (unpaired) electrons.